The second kappa shape index (κ2) is 10.3. The van der Waals surface area contributed by atoms with Crippen LogP contribution in [0.25, 0.3) is 0 Å². The van der Waals surface area contributed by atoms with Gasteiger partial charge in [-0.3, -0.25) is 19.7 Å². The zero-order valence-electron chi connectivity index (χ0n) is 20.2. The molecular formula is C26H34FN3O5. The van der Waals surface area contributed by atoms with Gasteiger partial charge in [-0.25, -0.2) is 4.39 Å². The van der Waals surface area contributed by atoms with Crippen LogP contribution < -0.4 is 10.6 Å². The maximum absolute atomic E-state index is 15.7. The number of hydrogen-bond acceptors (Lipinski definition) is 6. The number of halogens is 1. The number of ether oxygens (including phenoxy) is 2. The van der Waals surface area contributed by atoms with Gasteiger partial charge in [-0.15, -0.1) is 0 Å². The molecule has 8 nitrogen and oxygen atoms in total. The van der Waals surface area contributed by atoms with Gasteiger partial charge in [-0.2, -0.15) is 0 Å². The van der Waals surface area contributed by atoms with Crippen molar-refractivity contribution >= 4 is 17.7 Å². The highest BCUT2D eigenvalue weighted by Gasteiger charge is 2.41. The minimum atomic E-state index is -0.752. The third kappa shape index (κ3) is 4.99. The molecule has 190 valence electrons. The summed E-state index contributed by atoms with van der Waals surface area (Å²) in [6.45, 7) is 4.51. The van der Waals surface area contributed by atoms with Crippen LogP contribution in [0, 0.1) is 11.7 Å². The quantitative estimate of drug-likeness (QED) is 0.597. The molecule has 4 aliphatic rings. The predicted octanol–water partition coefficient (Wildman–Crippen LogP) is 2.08. The van der Waals surface area contributed by atoms with E-state index in [1.807, 2.05) is 0 Å². The van der Waals surface area contributed by atoms with Crippen molar-refractivity contribution in [1.29, 1.82) is 0 Å². The van der Waals surface area contributed by atoms with Crippen LogP contribution >= 0.6 is 0 Å². The number of benzene rings is 1. The van der Waals surface area contributed by atoms with Crippen LogP contribution in [0.3, 0.4) is 0 Å². The second-order valence-corrected chi connectivity index (χ2v) is 10.2. The predicted molar refractivity (Wildman–Crippen MR) is 125 cm³/mol. The van der Waals surface area contributed by atoms with E-state index in [9.17, 15) is 14.4 Å². The molecule has 0 spiro atoms. The summed E-state index contributed by atoms with van der Waals surface area (Å²) in [5, 5.41) is 6.04. The van der Waals surface area contributed by atoms with E-state index in [2.05, 4.69) is 17.6 Å². The fourth-order valence-corrected chi connectivity index (χ4v) is 5.95. The molecule has 3 saturated heterocycles. The Hall–Kier alpha value is -2.36. The molecule has 2 N–H and O–H groups in total. The van der Waals surface area contributed by atoms with E-state index in [0.29, 0.717) is 41.7 Å². The van der Waals surface area contributed by atoms with Gasteiger partial charge in [0, 0.05) is 55.9 Å². The van der Waals surface area contributed by atoms with Crippen molar-refractivity contribution in [3.8, 4) is 0 Å². The first kappa shape index (κ1) is 24.3. The smallest absolute Gasteiger partial charge is 0.255 e. The molecule has 3 amide bonds. The van der Waals surface area contributed by atoms with E-state index in [0.717, 1.165) is 38.9 Å². The highest BCUT2D eigenvalue weighted by atomic mass is 19.1. The Kier molecular flexibility index (Phi) is 7.18. The molecular weight excluding hydrogens is 453 g/mol. The summed E-state index contributed by atoms with van der Waals surface area (Å²) in [4.78, 5) is 38.1. The molecule has 0 radical (unpaired) electrons. The summed E-state index contributed by atoms with van der Waals surface area (Å²) in [5.74, 6) is -1.03. The number of piperidine rings is 1. The first-order valence-corrected chi connectivity index (χ1v) is 12.8. The van der Waals surface area contributed by atoms with E-state index >= 15 is 4.39 Å². The summed E-state index contributed by atoms with van der Waals surface area (Å²) in [6.07, 6.45) is 4.74. The Labute approximate surface area is 204 Å². The molecule has 0 aliphatic carbocycles. The summed E-state index contributed by atoms with van der Waals surface area (Å²) >= 11 is 0. The van der Waals surface area contributed by atoms with Gasteiger partial charge in [0.25, 0.3) is 5.91 Å². The van der Waals surface area contributed by atoms with E-state index in [1.54, 1.807) is 12.1 Å². The van der Waals surface area contributed by atoms with Gasteiger partial charge in [-0.1, -0.05) is 6.07 Å². The van der Waals surface area contributed by atoms with Crippen molar-refractivity contribution in [3.63, 3.8) is 0 Å². The Bertz CT molecular complexity index is 995. The second-order valence-electron chi connectivity index (χ2n) is 10.2. The number of carbonyl (C=O) groups excluding carboxylic acids is 3. The van der Waals surface area contributed by atoms with Crippen molar-refractivity contribution in [2.45, 2.75) is 82.6 Å². The lowest BCUT2D eigenvalue weighted by molar-refractivity contribution is -0.136. The fraction of sp³-hybridized carbons (Fsp3) is 0.654. The number of imide groups is 1. The van der Waals surface area contributed by atoms with Crippen LogP contribution in [0.15, 0.2) is 12.1 Å². The molecule has 1 aromatic rings. The number of nitrogens with zero attached hydrogens (tertiary/aromatic N) is 1. The number of nitrogens with one attached hydrogen (secondary N) is 2. The Morgan fingerprint density at radius 3 is 2.71 bits per heavy atom. The van der Waals surface area contributed by atoms with E-state index in [1.165, 1.54) is 4.90 Å². The zero-order valence-corrected chi connectivity index (χ0v) is 20.2. The lowest BCUT2D eigenvalue weighted by Gasteiger charge is -2.37. The highest BCUT2D eigenvalue weighted by molar-refractivity contribution is 6.05. The van der Waals surface area contributed by atoms with Crippen molar-refractivity contribution in [1.82, 2.24) is 15.5 Å². The van der Waals surface area contributed by atoms with Crippen molar-refractivity contribution < 1.29 is 28.2 Å². The lowest BCUT2D eigenvalue weighted by atomic mass is 9.89. The first-order chi connectivity index (χ1) is 16.9. The van der Waals surface area contributed by atoms with Gasteiger partial charge < -0.3 is 19.7 Å². The minimum Gasteiger partial charge on any atom is -0.381 e. The molecule has 4 aliphatic heterocycles. The Balaban J connectivity index is 1.28. The zero-order chi connectivity index (χ0) is 24.5. The molecule has 3 fully saturated rings. The van der Waals surface area contributed by atoms with Crippen LogP contribution in [-0.2, 0) is 32.0 Å². The average molecular weight is 488 g/mol. The van der Waals surface area contributed by atoms with Gasteiger partial charge in [0.15, 0.2) is 0 Å². The summed E-state index contributed by atoms with van der Waals surface area (Å²) in [7, 11) is 0. The molecule has 4 atom stereocenters. The summed E-state index contributed by atoms with van der Waals surface area (Å²) < 4.78 is 27.3. The van der Waals surface area contributed by atoms with Crippen LogP contribution in [0.2, 0.25) is 0 Å². The standard InChI is InChI=1S/C26H34FN3O5/c1-15(16-8-11-34-12-9-16)28-20-3-2-10-35-22(20)13-17-4-5-18-19(24(17)27)14-30(26(18)33)21-6-7-23(31)29-25(21)32/h4-5,15-16,20-22,28H,2-3,6-14H2,1H3,(H,29,31,32)/t15-,20-,21?,22+/m0/s1. The number of amides is 3. The minimum absolute atomic E-state index is 0.0358. The van der Waals surface area contributed by atoms with Gasteiger partial charge in [0.1, 0.15) is 11.9 Å². The van der Waals surface area contributed by atoms with Gasteiger partial charge in [0.2, 0.25) is 11.8 Å². The summed E-state index contributed by atoms with van der Waals surface area (Å²) in [5.41, 5.74) is 1.15. The lowest BCUT2D eigenvalue weighted by Crippen LogP contribution is -2.52. The number of hydrogen-bond donors (Lipinski definition) is 2. The SMILES string of the molecule is C[C@H](N[C@H]1CCCO[C@@H]1Cc1ccc2c(c1F)CN(C1CCC(=O)NC1=O)C2=O)C1CCOCC1. The van der Waals surface area contributed by atoms with Crippen LogP contribution in [-0.4, -0.2) is 66.7 Å². The van der Waals surface area contributed by atoms with Gasteiger partial charge in [-0.05, 0) is 56.6 Å². The molecule has 4 heterocycles. The molecule has 1 aromatic carbocycles. The third-order valence-electron chi connectivity index (χ3n) is 8.04. The highest BCUT2D eigenvalue weighted by Crippen LogP contribution is 2.32. The first-order valence-electron chi connectivity index (χ1n) is 12.8. The average Bonchev–Trinajstić information content (AvgIpc) is 3.19. The fourth-order valence-electron chi connectivity index (χ4n) is 5.95. The van der Waals surface area contributed by atoms with Crippen molar-refractivity contribution in [2.75, 3.05) is 19.8 Å². The molecule has 0 aromatic heterocycles. The monoisotopic (exact) mass is 487 g/mol. The molecule has 9 heteroatoms. The van der Waals surface area contributed by atoms with Crippen LogP contribution in [0.1, 0.15) is 66.9 Å². The Morgan fingerprint density at radius 2 is 1.94 bits per heavy atom. The molecule has 1 unspecified atom stereocenters. The van der Waals surface area contributed by atoms with Gasteiger partial charge >= 0.3 is 0 Å². The van der Waals surface area contributed by atoms with Crippen molar-refractivity contribution in [3.05, 3.63) is 34.6 Å². The van der Waals surface area contributed by atoms with Crippen LogP contribution in [0.5, 0.6) is 0 Å². The van der Waals surface area contributed by atoms with Crippen molar-refractivity contribution in [2.24, 2.45) is 5.92 Å². The normalized spacial score (nSPS) is 28.7. The number of carbonyl (C=O) groups is 3. The van der Waals surface area contributed by atoms with E-state index in [4.69, 9.17) is 9.47 Å². The molecule has 0 saturated carbocycles. The Morgan fingerprint density at radius 1 is 1.14 bits per heavy atom. The van der Waals surface area contributed by atoms with Crippen LogP contribution in [0.4, 0.5) is 4.39 Å². The van der Waals surface area contributed by atoms with Gasteiger partial charge in [0.05, 0.1) is 12.6 Å². The topological polar surface area (TPSA) is 97.0 Å². The molecule has 35 heavy (non-hydrogen) atoms. The maximum Gasteiger partial charge on any atom is 0.255 e. The number of fused-ring (bicyclic) bond motifs is 1. The van der Waals surface area contributed by atoms with E-state index < -0.39 is 17.8 Å². The van der Waals surface area contributed by atoms with E-state index in [-0.39, 0.29) is 43.3 Å². The molecule has 0 bridgehead atoms. The number of rotatable bonds is 6. The third-order valence-corrected chi connectivity index (χ3v) is 8.04. The molecule has 5 rings (SSSR count). The summed E-state index contributed by atoms with van der Waals surface area (Å²) in [6, 6.07) is 3.06. The largest absolute Gasteiger partial charge is 0.381 e. The maximum atomic E-state index is 15.7.